The number of terminal acetylenes is 1. The quantitative estimate of drug-likeness (QED) is 0.700. The van der Waals surface area contributed by atoms with Gasteiger partial charge in [-0.2, -0.15) is 0 Å². The van der Waals surface area contributed by atoms with E-state index in [9.17, 15) is 14.7 Å². The predicted octanol–water partition coefficient (Wildman–Crippen LogP) is -0.0286. The van der Waals surface area contributed by atoms with Crippen molar-refractivity contribution in [2.75, 3.05) is 19.6 Å². The first-order valence-corrected chi connectivity index (χ1v) is 6.42. The number of carboxylic acid groups (broad SMARTS) is 1. The molecule has 2 N–H and O–H groups in total. The molecule has 0 aromatic carbocycles. The van der Waals surface area contributed by atoms with Crippen LogP contribution in [-0.4, -0.2) is 63.8 Å². The highest BCUT2D eigenvalue weighted by Gasteiger charge is 2.41. The molecule has 1 aliphatic carbocycles. The third-order valence-electron chi connectivity index (χ3n) is 3.54. The fraction of sp³-hybridized carbons (Fsp3) is 0.692. The monoisotopic (exact) mass is 266 g/mol. The van der Waals surface area contributed by atoms with Crippen LogP contribution in [0.25, 0.3) is 0 Å². The maximum atomic E-state index is 12.3. The molecule has 6 nitrogen and oxygen atoms in total. The average Bonchev–Trinajstić information content (AvgIpc) is 3.08. The molecule has 0 aromatic rings. The van der Waals surface area contributed by atoms with Crippen LogP contribution in [0.4, 0.5) is 4.79 Å². The van der Waals surface area contributed by atoms with Crippen LogP contribution in [0, 0.1) is 18.3 Å². The molecular formula is C13H18N2O4. The number of aliphatic hydroxyl groups excluding tert-OH is 1. The summed E-state index contributed by atoms with van der Waals surface area (Å²) in [5, 5.41) is 18.7. The molecular weight excluding hydrogens is 248 g/mol. The number of hydrogen-bond donors (Lipinski definition) is 2. The van der Waals surface area contributed by atoms with Crippen molar-refractivity contribution in [2.45, 2.75) is 31.4 Å². The van der Waals surface area contributed by atoms with Crippen LogP contribution < -0.4 is 0 Å². The molecule has 19 heavy (non-hydrogen) atoms. The van der Waals surface area contributed by atoms with Crippen molar-refractivity contribution in [1.29, 1.82) is 0 Å². The molecule has 1 aliphatic heterocycles. The Morgan fingerprint density at radius 3 is 2.63 bits per heavy atom. The zero-order chi connectivity index (χ0) is 14.0. The van der Waals surface area contributed by atoms with Crippen molar-refractivity contribution in [2.24, 2.45) is 5.92 Å². The first kappa shape index (κ1) is 13.7. The van der Waals surface area contributed by atoms with Gasteiger partial charge in [-0.05, 0) is 18.8 Å². The first-order valence-electron chi connectivity index (χ1n) is 6.42. The summed E-state index contributed by atoms with van der Waals surface area (Å²) in [6.45, 7) is 0.803. The molecule has 1 heterocycles. The molecule has 1 saturated carbocycles. The van der Waals surface area contributed by atoms with Crippen molar-refractivity contribution in [3.8, 4) is 12.3 Å². The van der Waals surface area contributed by atoms with Gasteiger partial charge in [-0.15, -0.1) is 6.42 Å². The molecule has 104 valence electrons. The second-order valence-electron chi connectivity index (χ2n) is 5.21. The van der Waals surface area contributed by atoms with E-state index < -0.39 is 18.1 Å². The number of β-amino-alcohol motifs (C(OH)–C–C–N with tert-alkyl or cyclic N) is 1. The minimum absolute atomic E-state index is 0.0571. The molecule has 2 amide bonds. The number of urea groups is 1. The van der Waals surface area contributed by atoms with Crippen LogP contribution in [0.2, 0.25) is 0 Å². The van der Waals surface area contributed by atoms with E-state index in [2.05, 4.69) is 5.92 Å². The van der Waals surface area contributed by atoms with Gasteiger partial charge in [0.05, 0.1) is 12.6 Å². The Balaban J connectivity index is 2.06. The molecule has 1 unspecified atom stereocenters. The number of hydrogen-bond acceptors (Lipinski definition) is 3. The number of amides is 2. The first-order chi connectivity index (χ1) is 9.02. The van der Waals surface area contributed by atoms with Gasteiger partial charge in [0, 0.05) is 19.5 Å². The Kier molecular flexibility index (Phi) is 3.96. The van der Waals surface area contributed by atoms with E-state index in [-0.39, 0.29) is 25.5 Å². The maximum Gasteiger partial charge on any atom is 0.326 e. The van der Waals surface area contributed by atoms with Crippen molar-refractivity contribution >= 4 is 12.0 Å². The standard InChI is InChI=1S/C13H18N2O4/c1-2-5-14(7-9-3-4-9)13(19)15-8-10(16)6-11(15)12(17)18/h1,9-11,16H,3-8H2,(H,17,18)/t10?,11-/m0/s1. The Hall–Kier alpha value is -1.74. The Labute approximate surface area is 112 Å². The summed E-state index contributed by atoms with van der Waals surface area (Å²) < 4.78 is 0. The van der Waals surface area contributed by atoms with Gasteiger partial charge in [0.1, 0.15) is 6.04 Å². The lowest BCUT2D eigenvalue weighted by molar-refractivity contribution is -0.141. The van der Waals surface area contributed by atoms with Gasteiger partial charge >= 0.3 is 12.0 Å². The van der Waals surface area contributed by atoms with Crippen LogP contribution in [0.15, 0.2) is 0 Å². The molecule has 0 spiro atoms. The predicted molar refractivity (Wildman–Crippen MR) is 67.3 cm³/mol. The fourth-order valence-electron chi connectivity index (χ4n) is 2.37. The number of aliphatic carboxylic acids is 1. The van der Waals surface area contributed by atoms with Gasteiger partial charge in [0.2, 0.25) is 0 Å². The van der Waals surface area contributed by atoms with Crippen LogP contribution in [0.3, 0.4) is 0 Å². The summed E-state index contributed by atoms with van der Waals surface area (Å²) in [5.74, 6) is 1.82. The fourth-order valence-corrected chi connectivity index (χ4v) is 2.37. The molecule has 6 heteroatoms. The summed E-state index contributed by atoms with van der Waals surface area (Å²) in [6.07, 6.45) is 6.72. The van der Waals surface area contributed by atoms with Gasteiger partial charge < -0.3 is 20.0 Å². The zero-order valence-corrected chi connectivity index (χ0v) is 10.7. The zero-order valence-electron chi connectivity index (χ0n) is 10.7. The molecule has 1 saturated heterocycles. The van der Waals surface area contributed by atoms with E-state index in [0.29, 0.717) is 12.5 Å². The molecule has 2 fully saturated rings. The lowest BCUT2D eigenvalue weighted by Crippen LogP contribution is -2.48. The van der Waals surface area contributed by atoms with Crippen LogP contribution >= 0.6 is 0 Å². The van der Waals surface area contributed by atoms with Gasteiger partial charge in [-0.3, -0.25) is 0 Å². The van der Waals surface area contributed by atoms with Crippen LogP contribution in [0.1, 0.15) is 19.3 Å². The second-order valence-corrected chi connectivity index (χ2v) is 5.21. The highest BCUT2D eigenvalue weighted by Crippen LogP contribution is 2.30. The van der Waals surface area contributed by atoms with Crippen LogP contribution in [-0.2, 0) is 4.79 Å². The maximum absolute atomic E-state index is 12.3. The number of aliphatic hydroxyl groups is 1. The lowest BCUT2D eigenvalue weighted by atomic mass is 10.2. The van der Waals surface area contributed by atoms with E-state index in [1.54, 1.807) is 0 Å². The molecule has 0 bridgehead atoms. The number of carbonyl (C=O) groups is 2. The average molecular weight is 266 g/mol. The summed E-state index contributed by atoms with van der Waals surface area (Å²) >= 11 is 0. The summed E-state index contributed by atoms with van der Waals surface area (Å²) in [4.78, 5) is 26.2. The van der Waals surface area contributed by atoms with Crippen molar-refractivity contribution in [1.82, 2.24) is 9.80 Å². The summed E-state index contributed by atoms with van der Waals surface area (Å²) in [6, 6.07) is -1.34. The van der Waals surface area contributed by atoms with E-state index >= 15 is 0 Å². The van der Waals surface area contributed by atoms with Crippen LogP contribution in [0.5, 0.6) is 0 Å². The number of nitrogens with zero attached hydrogens (tertiary/aromatic N) is 2. The molecule has 2 atom stereocenters. The second kappa shape index (κ2) is 5.49. The Morgan fingerprint density at radius 1 is 1.42 bits per heavy atom. The normalized spacial score (nSPS) is 26.0. The number of carbonyl (C=O) groups excluding carboxylic acids is 1. The Morgan fingerprint density at radius 2 is 2.11 bits per heavy atom. The molecule has 2 rings (SSSR count). The largest absolute Gasteiger partial charge is 0.480 e. The third kappa shape index (κ3) is 3.18. The highest BCUT2D eigenvalue weighted by atomic mass is 16.4. The highest BCUT2D eigenvalue weighted by molar-refractivity contribution is 5.83. The number of carboxylic acids is 1. The topological polar surface area (TPSA) is 81.1 Å². The van der Waals surface area contributed by atoms with Crippen molar-refractivity contribution in [3.05, 3.63) is 0 Å². The van der Waals surface area contributed by atoms with E-state index in [0.717, 1.165) is 12.8 Å². The molecule has 2 aliphatic rings. The lowest BCUT2D eigenvalue weighted by Gasteiger charge is -2.29. The number of likely N-dealkylation sites (tertiary alicyclic amines) is 1. The number of rotatable bonds is 4. The van der Waals surface area contributed by atoms with Gasteiger partial charge in [0.15, 0.2) is 0 Å². The van der Waals surface area contributed by atoms with E-state index in [4.69, 9.17) is 11.5 Å². The smallest absolute Gasteiger partial charge is 0.326 e. The summed E-state index contributed by atoms with van der Waals surface area (Å²) in [5.41, 5.74) is 0. The SMILES string of the molecule is C#CCN(CC1CC1)C(=O)N1CC(O)C[C@H]1C(=O)O. The van der Waals surface area contributed by atoms with Gasteiger partial charge in [0.25, 0.3) is 0 Å². The minimum atomic E-state index is -1.09. The molecule has 0 aromatic heterocycles. The van der Waals surface area contributed by atoms with E-state index in [1.807, 2.05) is 0 Å². The van der Waals surface area contributed by atoms with Gasteiger partial charge in [-0.1, -0.05) is 5.92 Å². The Bertz CT molecular complexity index is 413. The summed E-state index contributed by atoms with van der Waals surface area (Å²) in [7, 11) is 0. The minimum Gasteiger partial charge on any atom is -0.480 e. The van der Waals surface area contributed by atoms with Crippen molar-refractivity contribution in [3.63, 3.8) is 0 Å². The third-order valence-corrected chi connectivity index (χ3v) is 3.54. The van der Waals surface area contributed by atoms with E-state index in [1.165, 1.54) is 9.80 Å². The van der Waals surface area contributed by atoms with Gasteiger partial charge in [-0.25, -0.2) is 9.59 Å². The van der Waals surface area contributed by atoms with Crippen molar-refractivity contribution < 1.29 is 19.8 Å². The molecule has 0 radical (unpaired) electrons.